The van der Waals surface area contributed by atoms with Crippen LogP contribution >= 0.6 is 0 Å². The molecule has 1 saturated heterocycles. The van der Waals surface area contributed by atoms with Gasteiger partial charge in [-0.05, 0) is 12.8 Å². The number of hydrogen-bond acceptors (Lipinski definition) is 4. The smallest absolute Gasteiger partial charge is 0.230 e. The van der Waals surface area contributed by atoms with Crippen LogP contribution in [0.4, 0.5) is 0 Å². The van der Waals surface area contributed by atoms with Gasteiger partial charge in [0.25, 0.3) is 0 Å². The van der Waals surface area contributed by atoms with Gasteiger partial charge in [0.05, 0.1) is 25.7 Å². The fraction of sp³-hybridized carbons (Fsp3) is 0.917. The van der Waals surface area contributed by atoms with Gasteiger partial charge in [0.15, 0.2) is 0 Å². The van der Waals surface area contributed by atoms with Gasteiger partial charge >= 0.3 is 0 Å². The van der Waals surface area contributed by atoms with Crippen LogP contribution in [0.3, 0.4) is 0 Å². The Hall–Kier alpha value is -0.650. The van der Waals surface area contributed by atoms with Crippen molar-refractivity contribution in [1.29, 1.82) is 0 Å². The molecule has 3 N–H and O–H groups in total. The number of ether oxygens (including phenoxy) is 1. The molecule has 1 aliphatic heterocycles. The highest BCUT2D eigenvalue weighted by Gasteiger charge is 2.35. The van der Waals surface area contributed by atoms with Crippen molar-refractivity contribution in [2.45, 2.75) is 38.8 Å². The number of hydrogen-bond donors (Lipinski definition) is 2. The zero-order chi connectivity index (χ0) is 12.8. The van der Waals surface area contributed by atoms with E-state index in [1.54, 1.807) is 4.90 Å². The summed E-state index contributed by atoms with van der Waals surface area (Å²) in [5, 5.41) is 9.08. The van der Waals surface area contributed by atoms with E-state index in [2.05, 4.69) is 13.8 Å². The molecule has 5 heteroatoms. The van der Waals surface area contributed by atoms with Gasteiger partial charge in [-0.3, -0.25) is 4.79 Å². The highest BCUT2D eigenvalue weighted by molar-refractivity contribution is 5.80. The van der Waals surface area contributed by atoms with Gasteiger partial charge < -0.3 is 20.5 Å². The van der Waals surface area contributed by atoms with Crippen LogP contribution in [0.2, 0.25) is 0 Å². The Morgan fingerprint density at radius 3 is 2.53 bits per heavy atom. The van der Waals surface area contributed by atoms with E-state index >= 15 is 0 Å². The molecule has 1 amide bonds. The SMILES string of the molecule is CCC(CC)N(CCO)C(=O)C1COCC1N. The summed E-state index contributed by atoms with van der Waals surface area (Å²) in [6.07, 6.45) is 1.79. The Kier molecular flexibility index (Phi) is 5.88. The average Bonchev–Trinajstić information content (AvgIpc) is 2.75. The number of aliphatic hydroxyl groups is 1. The quantitative estimate of drug-likeness (QED) is 0.688. The van der Waals surface area contributed by atoms with E-state index in [4.69, 9.17) is 15.6 Å². The van der Waals surface area contributed by atoms with Crippen LogP contribution in [0, 0.1) is 5.92 Å². The summed E-state index contributed by atoms with van der Waals surface area (Å²) in [5.41, 5.74) is 5.86. The standard InChI is InChI=1S/C12H24N2O3/c1-3-9(4-2)14(5-6-15)12(16)10-7-17-8-11(10)13/h9-11,15H,3-8,13H2,1-2H3. The third-order valence-electron chi connectivity index (χ3n) is 3.45. The summed E-state index contributed by atoms with van der Waals surface area (Å²) in [7, 11) is 0. The molecule has 1 fully saturated rings. The van der Waals surface area contributed by atoms with Crippen molar-refractivity contribution in [2.75, 3.05) is 26.4 Å². The van der Waals surface area contributed by atoms with Crippen molar-refractivity contribution in [1.82, 2.24) is 4.90 Å². The van der Waals surface area contributed by atoms with E-state index in [-0.39, 0.29) is 30.5 Å². The molecule has 0 aromatic carbocycles. The lowest BCUT2D eigenvalue weighted by Crippen LogP contribution is -2.48. The number of aliphatic hydroxyl groups excluding tert-OH is 1. The zero-order valence-corrected chi connectivity index (χ0v) is 10.8. The molecule has 0 saturated carbocycles. The fourth-order valence-corrected chi connectivity index (χ4v) is 2.35. The number of nitrogens with zero attached hydrogens (tertiary/aromatic N) is 1. The van der Waals surface area contributed by atoms with E-state index in [0.29, 0.717) is 19.8 Å². The van der Waals surface area contributed by atoms with E-state index in [1.165, 1.54) is 0 Å². The predicted octanol–water partition coefficient (Wildman–Crippen LogP) is -0.0304. The Bertz CT molecular complexity index is 244. The van der Waals surface area contributed by atoms with Crippen LogP contribution in [0.25, 0.3) is 0 Å². The molecular weight excluding hydrogens is 220 g/mol. The third-order valence-corrected chi connectivity index (χ3v) is 3.45. The van der Waals surface area contributed by atoms with Gasteiger partial charge in [0.1, 0.15) is 0 Å². The van der Waals surface area contributed by atoms with Crippen molar-refractivity contribution in [3.05, 3.63) is 0 Å². The summed E-state index contributed by atoms with van der Waals surface area (Å²) in [6.45, 7) is 5.33. The summed E-state index contributed by atoms with van der Waals surface area (Å²) < 4.78 is 5.23. The Labute approximate surface area is 103 Å². The first kappa shape index (κ1) is 14.4. The summed E-state index contributed by atoms with van der Waals surface area (Å²) >= 11 is 0. The lowest BCUT2D eigenvalue weighted by atomic mass is 10.0. The average molecular weight is 244 g/mol. The molecule has 1 aliphatic rings. The first-order valence-electron chi connectivity index (χ1n) is 6.40. The van der Waals surface area contributed by atoms with Gasteiger partial charge in [-0.25, -0.2) is 0 Å². The number of rotatable bonds is 6. The maximum Gasteiger partial charge on any atom is 0.230 e. The van der Waals surface area contributed by atoms with Crippen molar-refractivity contribution >= 4 is 5.91 Å². The fourth-order valence-electron chi connectivity index (χ4n) is 2.35. The molecule has 100 valence electrons. The Morgan fingerprint density at radius 2 is 2.12 bits per heavy atom. The number of carbonyl (C=O) groups excluding carboxylic acids is 1. The molecule has 2 atom stereocenters. The van der Waals surface area contributed by atoms with Gasteiger partial charge in [-0.2, -0.15) is 0 Å². The topological polar surface area (TPSA) is 75.8 Å². The molecule has 0 aromatic heterocycles. The Morgan fingerprint density at radius 1 is 1.47 bits per heavy atom. The Balaban J connectivity index is 2.71. The minimum Gasteiger partial charge on any atom is -0.395 e. The summed E-state index contributed by atoms with van der Waals surface area (Å²) in [4.78, 5) is 14.1. The molecule has 0 aromatic rings. The molecule has 5 nitrogen and oxygen atoms in total. The van der Waals surface area contributed by atoms with E-state index in [9.17, 15) is 4.79 Å². The van der Waals surface area contributed by atoms with Crippen molar-refractivity contribution in [2.24, 2.45) is 11.7 Å². The molecule has 0 bridgehead atoms. The van der Waals surface area contributed by atoms with Crippen LogP contribution < -0.4 is 5.73 Å². The molecule has 1 rings (SSSR count). The first-order chi connectivity index (χ1) is 8.15. The van der Waals surface area contributed by atoms with Gasteiger partial charge in [0.2, 0.25) is 5.91 Å². The largest absolute Gasteiger partial charge is 0.395 e. The molecule has 0 radical (unpaired) electrons. The molecule has 1 heterocycles. The first-order valence-corrected chi connectivity index (χ1v) is 6.40. The van der Waals surface area contributed by atoms with Gasteiger partial charge in [-0.15, -0.1) is 0 Å². The summed E-state index contributed by atoms with van der Waals surface area (Å²) in [5.74, 6) is -0.222. The second-order valence-corrected chi connectivity index (χ2v) is 4.53. The molecule has 2 unspecified atom stereocenters. The lowest BCUT2D eigenvalue weighted by Gasteiger charge is -2.32. The number of nitrogens with two attached hydrogens (primary N) is 1. The summed E-state index contributed by atoms with van der Waals surface area (Å²) in [6, 6.07) is -0.0273. The van der Waals surface area contributed by atoms with Crippen LogP contribution in [-0.4, -0.2) is 54.4 Å². The zero-order valence-electron chi connectivity index (χ0n) is 10.8. The van der Waals surface area contributed by atoms with Crippen LogP contribution in [0.15, 0.2) is 0 Å². The number of carbonyl (C=O) groups is 1. The minimum absolute atomic E-state index is 0.00887. The predicted molar refractivity (Wildman–Crippen MR) is 65.5 cm³/mol. The van der Waals surface area contributed by atoms with Crippen LogP contribution in [-0.2, 0) is 9.53 Å². The number of amides is 1. The van der Waals surface area contributed by atoms with Crippen LogP contribution in [0.1, 0.15) is 26.7 Å². The molecular formula is C12H24N2O3. The van der Waals surface area contributed by atoms with Crippen LogP contribution in [0.5, 0.6) is 0 Å². The third kappa shape index (κ3) is 3.40. The molecule has 0 aliphatic carbocycles. The second-order valence-electron chi connectivity index (χ2n) is 4.53. The maximum absolute atomic E-state index is 12.4. The van der Waals surface area contributed by atoms with E-state index in [0.717, 1.165) is 12.8 Å². The normalized spacial score (nSPS) is 24.3. The molecule has 0 spiro atoms. The van der Waals surface area contributed by atoms with Crippen molar-refractivity contribution < 1.29 is 14.6 Å². The van der Waals surface area contributed by atoms with Crippen molar-refractivity contribution in [3.63, 3.8) is 0 Å². The van der Waals surface area contributed by atoms with E-state index in [1.807, 2.05) is 0 Å². The lowest BCUT2D eigenvalue weighted by molar-refractivity contribution is -0.139. The highest BCUT2D eigenvalue weighted by Crippen LogP contribution is 2.18. The van der Waals surface area contributed by atoms with Crippen molar-refractivity contribution in [3.8, 4) is 0 Å². The maximum atomic E-state index is 12.4. The van der Waals surface area contributed by atoms with Gasteiger partial charge in [-0.1, -0.05) is 13.8 Å². The monoisotopic (exact) mass is 244 g/mol. The van der Waals surface area contributed by atoms with E-state index < -0.39 is 0 Å². The highest BCUT2D eigenvalue weighted by atomic mass is 16.5. The second kappa shape index (κ2) is 6.93. The molecule has 17 heavy (non-hydrogen) atoms. The minimum atomic E-state index is -0.248. The van der Waals surface area contributed by atoms with Gasteiger partial charge in [0, 0.05) is 18.6 Å².